The van der Waals surface area contributed by atoms with Crippen LogP contribution in [0, 0.1) is 0 Å². The van der Waals surface area contributed by atoms with Gasteiger partial charge < -0.3 is 19.8 Å². The zero-order valence-corrected chi connectivity index (χ0v) is 10.5. The number of fused-ring (bicyclic) bond motifs is 1. The van der Waals surface area contributed by atoms with Gasteiger partial charge in [0, 0.05) is 19.2 Å². The maximum absolute atomic E-state index is 12.3. The predicted molar refractivity (Wildman–Crippen MR) is 66.9 cm³/mol. The second-order valence-corrected chi connectivity index (χ2v) is 4.80. The van der Waals surface area contributed by atoms with Gasteiger partial charge in [0.25, 0.3) is 5.91 Å². The summed E-state index contributed by atoms with van der Waals surface area (Å²) in [4.78, 5) is 13.8. The Hall–Kier alpha value is -1.75. The Labute approximate surface area is 106 Å². The molecule has 5 heteroatoms. The molecule has 0 spiro atoms. The lowest BCUT2D eigenvalue weighted by Gasteiger charge is -2.38. The van der Waals surface area contributed by atoms with Crippen LogP contribution < -0.4 is 9.64 Å². The summed E-state index contributed by atoms with van der Waals surface area (Å²) < 4.78 is 5.61. The van der Waals surface area contributed by atoms with Crippen LogP contribution in [-0.4, -0.2) is 34.9 Å². The van der Waals surface area contributed by atoms with Crippen LogP contribution in [0.15, 0.2) is 18.2 Å². The van der Waals surface area contributed by atoms with Crippen molar-refractivity contribution in [2.75, 3.05) is 18.1 Å². The minimum atomic E-state index is -0.962. The van der Waals surface area contributed by atoms with Crippen LogP contribution in [0.2, 0.25) is 0 Å². The highest BCUT2D eigenvalue weighted by atomic mass is 16.5. The third-order valence-corrected chi connectivity index (χ3v) is 2.90. The number of carbonyl (C=O) groups is 1. The molecule has 0 unspecified atom stereocenters. The lowest BCUT2D eigenvalue weighted by molar-refractivity contribution is -0.132. The maximum Gasteiger partial charge on any atom is 0.270 e. The van der Waals surface area contributed by atoms with Crippen molar-refractivity contribution < 1.29 is 19.7 Å². The van der Waals surface area contributed by atoms with E-state index in [1.165, 1.54) is 12.1 Å². The first-order valence-electron chi connectivity index (χ1n) is 5.90. The summed E-state index contributed by atoms with van der Waals surface area (Å²) >= 11 is 0. The zero-order valence-electron chi connectivity index (χ0n) is 10.5. The number of rotatable bonds is 3. The smallest absolute Gasteiger partial charge is 0.270 e. The highest BCUT2D eigenvalue weighted by molar-refractivity contribution is 6.02. The number of nitrogens with zero attached hydrogens (tertiary/aromatic N) is 1. The Bertz CT molecular complexity index is 470. The van der Waals surface area contributed by atoms with Crippen molar-refractivity contribution in [2.24, 2.45) is 0 Å². The van der Waals surface area contributed by atoms with Crippen molar-refractivity contribution in [2.45, 2.75) is 25.9 Å². The fraction of sp³-hybridized carbons (Fsp3) is 0.462. The molecular weight excluding hydrogens is 234 g/mol. The minimum Gasteiger partial charge on any atom is -0.508 e. The van der Waals surface area contributed by atoms with Crippen LogP contribution in [0.4, 0.5) is 5.69 Å². The molecule has 0 saturated heterocycles. The number of aliphatic hydroxyl groups is 1. The van der Waals surface area contributed by atoms with Gasteiger partial charge in [-0.3, -0.25) is 4.79 Å². The van der Waals surface area contributed by atoms with E-state index in [1.54, 1.807) is 24.8 Å². The normalized spacial score (nSPS) is 17.3. The molecule has 1 aromatic carbocycles. The van der Waals surface area contributed by atoms with Crippen LogP contribution in [0.1, 0.15) is 20.3 Å². The number of phenolic OH excluding ortho intramolecular Hbond substituents is 1. The summed E-state index contributed by atoms with van der Waals surface area (Å²) in [5.74, 6) is 0.438. The Morgan fingerprint density at radius 3 is 2.78 bits per heavy atom. The topological polar surface area (TPSA) is 70.0 Å². The number of phenols is 1. The number of aromatic hydroxyl groups is 1. The van der Waals surface area contributed by atoms with E-state index in [2.05, 4.69) is 0 Å². The van der Waals surface area contributed by atoms with E-state index in [9.17, 15) is 9.90 Å². The second kappa shape index (κ2) is 4.49. The van der Waals surface area contributed by atoms with Gasteiger partial charge in [0.15, 0.2) is 5.60 Å². The molecule has 0 bridgehead atoms. The SMILES string of the molecule is CC1(C)Oc2cc(O)ccc2N(CCCO)C1=O. The predicted octanol–water partition coefficient (Wildman–Crippen LogP) is 1.28. The van der Waals surface area contributed by atoms with Gasteiger partial charge in [-0.05, 0) is 32.4 Å². The Balaban J connectivity index is 2.42. The molecule has 18 heavy (non-hydrogen) atoms. The van der Waals surface area contributed by atoms with Gasteiger partial charge in [-0.2, -0.15) is 0 Å². The summed E-state index contributed by atoms with van der Waals surface area (Å²) in [6, 6.07) is 4.66. The average molecular weight is 251 g/mol. The molecule has 0 radical (unpaired) electrons. The van der Waals surface area contributed by atoms with Crippen molar-refractivity contribution in [3.8, 4) is 11.5 Å². The van der Waals surface area contributed by atoms with E-state index in [1.807, 2.05) is 0 Å². The highest BCUT2D eigenvalue weighted by Gasteiger charge is 2.40. The molecule has 1 amide bonds. The molecule has 98 valence electrons. The van der Waals surface area contributed by atoms with Crippen LogP contribution >= 0.6 is 0 Å². The molecule has 0 fully saturated rings. The van der Waals surface area contributed by atoms with E-state index < -0.39 is 5.60 Å². The summed E-state index contributed by atoms with van der Waals surface area (Å²) in [5.41, 5.74) is -0.332. The third kappa shape index (κ3) is 2.13. The van der Waals surface area contributed by atoms with Gasteiger partial charge in [-0.1, -0.05) is 0 Å². The van der Waals surface area contributed by atoms with Crippen LogP contribution in [-0.2, 0) is 4.79 Å². The summed E-state index contributed by atoms with van der Waals surface area (Å²) in [6.45, 7) is 3.83. The number of hydrogen-bond acceptors (Lipinski definition) is 4. The van der Waals surface area contributed by atoms with E-state index in [-0.39, 0.29) is 18.3 Å². The number of hydrogen-bond donors (Lipinski definition) is 2. The molecule has 1 aliphatic rings. The molecule has 0 saturated carbocycles. The molecule has 2 N–H and O–H groups in total. The third-order valence-electron chi connectivity index (χ3n) is 2.90. The Morgan fingerprint density at radius 2 is 2.11 bits per heavy atom. The molecule has 0 aliphatic carbocycles. The molecule has 5 nitrogen and oxygen atoms in total. The van der Waals surface area contributed by atoms with Gasteiger partial charge in [0.1, 0.15) is 11.5 Å². The first kappa shape index (κ1) is 12.7. The number of benzene rings is 1. The van der Waals surface area contributed by atoms with E-state index in [0.29, 0.717) is 24.4 Å². The summed E-state index contributed by atoms with van der Waals surface area (Å²) in [5, 5.41) is 18.4. The molecule has 0 aromatic heterocycles. The first-order chi connectivity index (χ1) is 8.45. The lowest BCUT2D eigenvalue weighted by Crippen LogP contribution is -2.52. The second-order valence-electron chi connectivity index (χ2n) is 4.80. The number of amides is 1. The quantitative estimate of drug-likeness (QED) is 0.849. The maximum atomic E-state index is 12.3. The number of carbonyl (C=O) groups excluding carboxylic acids is 1. The number of anilines is 1. The standard InChI is InChI=1S/C13H17NO4/c1-13(2)12(17)14(6-3-7-15)10-5-4-9(16)8-11(10)18-13/h4-5,8,15-16H,3,6-7H2,1-2H3. The molecule has 1 aliphatic heterocycles. The zero-order chi connectivity index (χ0) is 13.3. The van der Waals surface area contributed by atoms with Crippen molar-refractivity contribution in [3.05, 3.63) is 18.2 Å². The average Bonchev–Trinajstić information content (AvgIpc) is 2.29. The summed E-state index contributed by atoms with van der Waals surface area (Å²) in [7, 11) is 0. The Morgan fingerprint density at radius 1 is 1.39 bits per heavy atom. The summed E-state index contributed by atoms with van der Waals surface area (Å²) in [6.07, 6.45) is 0.502. The number of ether oxygens (including phenoxy) is 1. The fourth-order valence-corrected chi connectivity index (χ4v) is 2.01. The van der Waals surface area contributed by atoms with Gasteiger partial charge in [-0.15, -0.1) is 0 Å². The van der Waals surface area contributed by atoms with Crippen molar-refractivity contribution in [1.29, 1.82) is 0 Å². The monoisotopic (exact) mass is 251 g/mol. The molecule has 1 heterocycles. The van der Waals surface area contributed by atoms with Crippen molar-refractivity contribution in [1.82, 2.24) is 0 Å². The van der Waals surface area contributed by atoms with Gasteiger partial charge in [0.2, 0.25) is 0 Å². The minimum absolute atomic E-state index is 0.0263. The first-order valence-corrected chi connectivity index (χ1v) is 5.90. The molecule has 1 aromatic rings. The van der Waals surface area contributed by atoms with E-state index in [0.717, 1.165) is 0 Å². The van der Waals surface area contributed by atoms with Crippen molar-refractivity contribution >= 4 is 11.6 Å². The van der Waals surface area contributed by atoms with Gasteiger partial charge >= 0.3 is 0 Å². The van der Waals surface area contributed by atoms with Gasteiger partial charge in [-0.25, -0.2) is 0 Å². The largest absolute Gasteiger partial charge is 0.508 e. The number of aliphatic hydroxyl groups excluding tert-OH is 1. The van der Waals surface area contributed by atoms with Crippen LogP contribution in [0.3, 0.4) is 0 Å². The highest BCUT2D eigenvalue weighted by Crippen LogP contribution is 2.39. The van der Waals surface area contributed by atoms with E-state index >= 15 is 0 Å². The molecular formula is C13H17NO4. The molecule has 2 rings (SSSR count). The van der Waals surface area contributed by atoms with Gasteiger partial charge in [0.05, 0.1) is 5.69 Å². The lowest BCUT2D eigenvalue weighted by atomic mass is 10.0. The van der Waals surface area contributed by atoms with Crippen molar-refractivity contribution in [3.63, 3.8) is 0 Å². The molecule has 0 atom stereocenters. The van der Waals surface area contributed by atoms with Crippen LogP contribution in [0.5, 0.6) is 11.5 Å². The van der Waals surface area contributed by atoms with E-state index in [4.69, 9.17) is 9.84 Å². The van der Waals surface area contributed by atoms with Crippen LogP contribution in [0.25, 0.3) is 0 Å². The Kier molecular flexibility index (Phi) is 3.17. The fourth-order valence-electron chi connectivity index (χ4n) is 2.01.